The molecule has 2 fully saturated rings. The van der Waals surface area contributed by atoms with E-state index in [0.29, 0.717) is 5.56 Å². The van der Waals surface area contributed by atoms with Crippen molar-refractivity contribution in [3.05, 3.63) is 62.6 Å². The van der Waals surface area contributed by atoms with Crippen molar-refractivity contribution in [3.8, 4) is 5.75 Å². The van der Waals surface area contributed by atoms with Crippen LogP contribution in [-0.4, -0.2) is 57.5 Å². The summed E-state index contributed by atoms with van der Waals surface area (Å²) in [7, 11) is 0. The summed E-state index contributed by atoms with van der Waals surface area (Å²) in [6.45, 7) is 1.95. The quantitative estimate of drug-likeness (QED) is 0.597. The van der Waals surface area contributed by atoms with Crippen LogP contribution in [0.3, 0.4) is 0 Å². The Bertz CT molecular complexity index is 1360. The van der Waals surface area contributed by atoms with Crippen LogP contribution >= 0.6 is 0 Å². The fourth-order valence-corrected chi connectivity index (χ4v) is 5.26. The summed E-state index contributed by atoms with van der Waals surface area (Å²) >= 11 is 0. The van der Waals surface area contributed by atoms with Gasteiger partial charge in [-0.05, 0) is 44.4 Å². The number of nitrogens with zero attached hydrogens (tertiary/aromatic N) is 2. The van der Waals surface area contributed by atoms with Crippen molar-refractivity contribution in [3.63, 3.8) is 0 Å². The summed E-state index contributed by atoms with van der Waals surface area (Å²) in [6.07, 6.45) is -2.56. The zero-order valence-corrected chi connectivity index (χ0v) is 19.8. The number of carbonyl (C=O) groups excluding carboxylic acids is 2. The summed E-state index contributed by atoms with van der Waals surface area (Å²) in [5.74, 6) is -4.65. The standard InChI is InChI=1S/C24H23F4N3O6/c1-11-5-15(25)13(16(26)6-11)7-29-21(34)14-8-31-17-9-30(22(35)18(31)20(33)19(14)32)12(2)3-4-23(17)10-36-24(27,28)37-23/h5-6,8,12,17,33H,3-4,7,9-10H2,1-2H3,(H,29,34)/t12-,17+,23-/m0/s1. The molecule has 1 spiro atoms. The molecule has 3 aliphatic rings. The van der Waals surface area contributed by atoms with Crippen LogP contribution in [-0.2, 0) is 16.0 Å². The average molecular weight is 525 g/mol. The van der Waals surface area contributed by atoms with Crippen LogP contribution in [0, 0.1) is 18.6 Å². The van der Waals surface area contributed by atoms with Gasteiger partial charge in [0.15, 0.2) is 11.4 Å². The molecule has 1 aromatic heterocycles. The number of fused-ring (bicyclic) bond motifs is 5. The normalized spacial score (nSPS) is 26.2. The van der Waals surface area contributed by atoms with Gasteiger partial charge in [0.2, 0.25) is 5.43 Å². The first-order valence-electron chi connectivity index (χ1n) is 11.6. The van der Waals surface area contributed by atoms with Crippen LogP contribution in [0.1, 0.15) is 57.8 Å². The number of halogens is 4. The van der Waals surface area contributed by atoms with Gasteiger partial charge in [-0.25, -0.2) is 8.78 Å². The maximum Gasteiger partial charge on any atom is 0.486 e. The summed E-state index contributed by atoms with van der Waals surface area (Å²) in [5.41, 5.74) is -4.04. The van der Waals surface area contributed by atoms with Gasteiger partial charge in [-0.1, -0.05) is 0 Å². The second-order valence-corrected chi connectivity index (χ2v) is 9.65. The Morgan fingerprint density at radius 3 is 2.54 bits per heavy atom. The van der Waals surface area contributed by atoms with Crippen molar-refractivity contribution in [1.29, 1.82) is 0 Å². The minimum atomic E-state index is -3.89. The third kappa shape index (κ3) is 4.06. The molecule has 2 saturated heterocycles. The van der Waals surface area contributed by atoms with Gasteiger partial charge < -0.3 is 19.9 Å². The zero-order valence-electron chi connectivity index (χ0n) is 19.8. The van der Waals surface area contributed by atoms with Crippen molar-refractivity contribution >= 4 is 11.8 Å². The Labute approximate surface area is 207 Å². The number of rotatable bonds is 3. The number of hydrogen-bond donors (Lipinski definition) is 2. The van der Waals surface area contributed by atoms with Crippen LogP contribution in [0.5, 0.6) is 5.75 Å². The Morgan fingerprint density at radius 2 is 1.92 bits per heavy atom. The first kappa shape index (κ1) is 25.2. The number of carbonyl (C=O) groups is 2. The van der Waals surface area contributed by atoms with E-state index in [1.807, 2.05) is 0 Å². The predicted molar refractivity (Wildman–Crippen MR) is 118 cm³/mol. The van der Waals surface area contributed by atoms with E-state index in [9.17, 15) is 37.1 Å². The maximum atomic E-state index is 14.2. The van der Waals surface area contributed by atoms with Crippen molar-refractivity contribution < 1.29 is 41.7 Å². The van der Waals surface area contributed by atoms with E-state index < -0.39 is 88.6 Å². The monoisotopic (exact) mass is 525 g/mol. The lowest BCUT2D eigenvalue weighted by atomic mass is 9.89. The molecule has 3 atom stereocenters. The number of aromatic nitrogens is 1. The van der Waals surface area contributed by atoms with E-state index in [0.717, 1.165) is 22.9 Å². The topological polar surface area (TPSA) is 110 Å². The van der Waals surface area contributed by atoms with Crippen molar-refractivity contribution in [2.75, 3.05) is 13.2 Å². The fourth-order valence-electron chi connectivity index (χ4n) is 5.26. The SMILES string of the molecule is Cc1cc(F)c(CNC(=O)c2cn3c(c(O)c2=O)C(=O)N2C[C@@H]3[C@]3(CC[C@@H]2C)COC(F)(F)O3)c(F)c1. The molecule has 9 nitrogen and oxygen atoms in total. The number of benzene rings is 1. The van der Waals surface area contributed by atoms with Crippen LogP contribution in [0.25, 0.3) is 0 Å². The Kier molecular flexibility index (Phi) is 5.83. The van der Waals surface area contributed by atoms with E-state index >= 15 is 0 Å². The summed E-state index contributed by atoms with van der Waals surface area (Å²) < 4.78 is 67.1. The maximum absolute atomic E-state index is 14.2. The lowest BCUT2D eigenvalue weighted by molar-refractivity contribution is -0.359. The third-order valence-corrected chi connectivity index (χ3v) is 7.27. The Morgan fingerprint density at radius 1 is 1.24 bits per heavy atom. The number of pyridine rings is 1. The zero-order chi connectivity index (χ0) is 26.9. The molecule has 2 N–H and O–H groups in total. The van der Waals surface area contributed by atoms with Crippen molar-refractivity contribution in [2.24, 2.45) is 0 Å². The first-order valence-corrected chi connectivity index (χ1v) is 11.6. The van der Waals surface area contributed by atoms with Gasteiger partial charge in [0.25, 0.3) is 11.8 Å². The second kappa shape index (κ2) is 8.55. The molecule has 2 amide bonds. The highest BCUT2D eigenvalue weighted by Crippen LogP contribution is 2.48. The van der Waals surface area contributed by atoms with E-state index in [2.05, 4.69) is 10.1 Å². The molecule has 1 aromatic carbocycles. The molecule has 3 aliphatic heterocycles. The smallest absolute Gasteiger partial charge is 0.486 e. The molecule has 0 aliphatic carbocycles. The van der Waals surface area contributed by atoms with Gasteiger partial charge >= 0.3 is 6.29 Å². The number of aromatic hydroxyl groups is 1. The Hall–Kier alpha value is -3.45. The average Bonchev–Trinajstić information content (AvgIpc) is 3.07. The minimum absolute atomic E-state index is 0.0675. The molecule has 13 heteroatoms. The highest BCUT2D eigenvalue weighted by atomic mass is 19.3. The third-order valence-electron chi connectivity index (χ3n) is 7.27. The predicted octanol–water partition coefficient (Wildman–Crippen LogP) is 2.59. The van der Waals surface area contributed by atoms with E-state index in [1.165, 1.54) is 11.8 Å². The molecule has 0 saturated carbocycles. The molecule has 2 bridgehead atoms. The number of aryl methyl sites for hydroxylation is 1. The number of hydrogen-bond acceptors (Lipinski definition) is 6. The summed E-state index contributed by atoms with van der Waals surface area (Å²) in [4.78, 5) is 40.4. The second-order valence-electron chi connectivity index (χ2n) is 9.65. The Balaban J connectivity index is 1.56. The molecule has 2 aromatic rings. The molecular weight excluding hydrogens is 502 g/mol. The van der Waals surface area contributed by atoms with Gasteiger partial charge in [-0.15, -0.1) is 8.78 Å². The summed E-state index contributed by atoms with van der Waals surface area (Å²) in [6, 6.07) is 0.697. The minimum Gasteiger partial charge on any atom is -0.503 e. The highest BCUT2D eigenvalue weighted by Gasteiger charge is 2.60. The molecule has 198 valence electrons. The number of amides is 2. The van der Waals surface area contributed by atoms with E-state index in [-0.39, 0.29) is 19.4 Å². The highest BCUT2D eigenvalue weighted by molar-refractivity contribution is 5.99. The fraction of sp³-hybridized carbons (Fsp3) is 0.458. The van der Waals surface area contributed by atoms with Crippen LogP contribution in [0.4, 0.5) is 17.6 Å². The van der Waals surface area contributed by atoms with Gasteiger partial charge in [-0.3, -0.25) is 23.9 Å². The lowest BCUT2D eigenvalue weighted by Crippen LogP contribution is -2.53. The number of ether oxygens (including phenoxy) is 2. The van der Waals surface area contributed by atoms with Gasteiger partial charge in [0.1, 0.15) is 22.8 Å². The van der Waals surface area contributed by atoms with Crippen molar-refractivity contribution in [1.82, 2.24) is 14.8 Å². The van der Waals surface area contributed by atoms with Gasteiger partial charge in [0.05, 0.1) is 12.6 Å². The largest absolute Gasteiger partial charge is 0.503 e. The molecule has 5 rings (SSSR count). The van der Waals surface area contributed by atoms with E-state index in [4.69, 9.17) is 4.74 Å². The van der Waals surface area contributed by atoms with E-state index in [1.54, 1.807) is 6.92 Å². The number of alkyl halides is 2. The molecule has 37 heavy (non-hydrogen) atoms. The van der Waals surface area contributed by atoms with Crippen molar-refractivity contribution in [2.45, 2.75) is 57.2 Å². The van der Waals surface area contributed by atoms with Gasteiger partial charge in [0, 0.05) is 30.9 Å². The first-order chi connectivity index (χ1) is 17.3. The molecule has 4 heterocycles. The van der Waals surface area contributed by atoms with Crippen LogP contribution in [0.15, 0.2) is 23.1 Å². The lowest BCUT2D eigenvalue weighted by Gasteiger charge is -2.42. The van der Waals surface area contributed by atoms with Crippen LogP contribution < -0.4 is 10.7 Å². The van der Waals surface area contributed by atoms with Crippen LogP contribution in [0.2, 0.25) is 0 Å². The summed E-state index contributed by atoms with van der Waals surface area (Å²) in [5, 5.41) is 13.0. The number of nitrogens with one attached hydrogen (secondary N) is 1. The molecule has 0 unspecified atom stereocenters. The van der Waals surface area contributed by atoms with Gasteiger partial charge in [-0.2, -0.15) is 0 Å². The molecular formula is C24H23F4N3O6. The molecule has 0 radical (unpaired) electrons.